The lowest BCUT2D eigenvalue weighted by Crippen LogP contribution is -2.29. The second kappa shape index (κ2) is 8.41. The Morgan fingerprint density at radius 1 is 0.938 bits per heavy atom. The third-order valence-electron chi connectivity index (χ3n) is 5.26. The molecule has 5 rings (SSSR count). The molecule has 2 aliphatic heterocycles. The smallest absolute Gasteiger partial charge is 0.274 e. The van der Waals surface area contributed by atoms with Crippen molar-refractivity contribution in [2.75, 3.05) is 24.0 Å². The second-order valence-corrected chi connectivity index (χ2v) is 9.45. The number of aliphatic imine (C=N–C) groups is 1. The number of carbonyl (C=O) groups excluding carboxylic acids is 1. The molecule has 7 heteroatoms. The van der Waals surface area contributed by atoms with Gasteiger partial charge in [0.15, 0.2) is 5.17 Å². The quantitative estimate of drug-likeness (QED) is 0.438. The maximum atomic E-state index is 13.7. The summed E-state index contributed by atoms with van der Waals surface area (Å²) in [4.78, 5) is 24.1. The number of para-hydroxylation sites is 1. The first-order valence-electron chi connectivity index (χ1n) is 10.1. The van der Waals surface area contributed by atoms with Gasteiger partial charge in [-0.1, -0.05) is 42.1 Å². The molecule has 0 aliphatic carbocycles. The number of amides is 1. The number of anilines is 2. The van der Waals surface area contributed by atoms with Gasteiger partial charge in [-0.15, -0.1) is 0 Å². The standard InChI is InChI=1S/C25H21N3O2S2/c1-16-8-7-9-17(14-16)26-25-28(18-10-5-4-6-11-18)23(29)22(32-25)24-27(2)20-15-19(30-3)12-13-21(20)31-24/h4-15H,1-3H3. The van der Waals surface area contributed by atoms with Gasteiger partial charge in [-0.2, -0.15) is 0 Å². The summed E-state index contributed by atoms with van der Waals surface area (Å²) in [6.45, 7) is 2.04. The molecule has 0 radical (unpaired) electrons. The number of methoxy groups -OCH3 is 1. The highest BCUT2D eigenvalue weighted by atomic mass is 32.2. The maximum Gasteiger partial charge on any atom is 0.274 e. The number of benzene rings is 3. The van der Waals surface area contributed by atoms with Gasteiger partial charge >= 0.3 is 0 Å². The van der Waals surface area contributed by atoms with Gasteiger partial charge in [-0.05, 0) is 60.6 Å². The third-order valence-corrected chi connectivity index (χ3v) is 7.65. The van der Waals surface area contributed by atoms with E-state index in [2.05, 4.69) is 4.90 Å². The van der Waals surface area contributed by atoms with E-state index in [1.807, 2.05) is 86.8 Å². The molecule has 2 heterocycles. The number of amidine groups is 1. The Bertz CT molecular complexity index is 1270. The molecule has 0 bridgehead atoms. The fourth-order valence-corrected chi connectivity index (χ4v) is 5.97. The van der Waals surface area contributed by atoms with E-state index in [0.717, 1.165) is 38.3 Å². The first-order chi connectivity index (χ1) is 15.5. The van der Waals surface area contributed by atoms with Crippen LogP contribution in [0.25, 0.3) is 0 Å². The number of thioether (sulfide) groups is 2. The van der Waals surface area contributed by atoms with Crippen LogP contribution in [-0.4, -0.2) is 25.2 Å². The van der Waals surface area contributed by atoms with Crippen molar-refractivity contribution in [3.05, 3.63) is 88.3 Å². The largest absolute Gasteiger partial charge is 0.497 e. The van der Waals surface area contributed by atoms with Crippen LogP contribution < -0.4 is 14.5 Å². The summed E-state index contributed by atoms with van der Waals surface area (Å²) < 4.78 is 5.39. The average molecular weight is 460 g/mol. The van der Waals surface area contributed by atoms with E-state index in [4.69, 9.17) is 9.73 Å². The SMILES string of the molecule is COc1ccc2c(c1)N(C)C(=C1SC(=Nc3cccc(C)c3)N(c3ccccc3)C1=O)S2. The Morgan fingerprint density at radius 3 is 2.50 bits per heavy atom. The minimum absolute atomic E-state index is 0.0678. The molecule has 1 saturated heterocycles. The van der Waals surface area contributed by atoms with Gasteiger partial charge in [0.05, 0.1) is 29.2 Å². The fraction of sp³-hybridized carbons (Fsp3) is 0.120. The third kappa shape index (κ3) is 3.67. The van der Waals surface area contributed by atoms with Crippen LogP contribution in [-0.2, 0) is 4.79 Å². The van der Waals surface area contributed by atoms with Crippen LogP contribution in [0.1, 0.15) is 5.56 Å². The monoisotopic (exact) mass is 459 g/mol. The van der Waals surface area contributed by atoms with Crippen molar-refractivity contribution in [1.29, 1.82) is 0 Å². The summed E-state index contributed by atoms with van der Waals surface area (Å²) in [5.41, 5.74) is 3.78. The summed E-state index contributed by atoms with van der Waals surface area (Å²) in [5, 5.41) is 1.55. The summed E-state index contributed by atoms with van der Waals surface area (Å²) in [7, 11) is 3.64. The van der Waals surface area contributed by atoms with Gasteiger partial charge in [0, 0.05) is 18.0 Å². The summed E-state index contributed by atoms with van der Waals surface area (Å²) in [6.07, 6.45) is 0. The fourth-order valence-electron chi connectivity index (χ4n) is 3.64. The summed E-state index contributed by atoms with van der Waals surface area (Å²) in [5.74, 6) is 0.724. The van der Waals surface area contributed by atoms with Gasteiger partial charge < -0.3 is 9.64 Å². The van der Waals surface area contributed by atoms with Gasteiger partial charge in [0.1, 0.15) is 10.7 Å². The number of ether oxygens (including phenoxy) is 1. The van der Waals surface area contributed by atoms with E-state index in [0.29, 0.717) is 10.1 Å². The van der Waals surface area contributed by atoms with Crippen LogP contribution in [0.2, 0.25) is 0 Å². The first kappa shape index (κ1) is 20.7. The average Bonchev–Trinajstić information content (AvgIpc) is 3.30. The van der Waals surface area contributed by atoms with Gasteiger partial charge in [-0.3, -0.25) is 9.69 Å². The van der Waals surface area contributed by atoms with Gasteiger partial charge in [0.25, 0.3) is 5.91 Å². The molecule has 0 unspecified atom stereocenters. The molecule has 0 aromatic heterocycles. The van der Waals surface area contributed by atoms with Crippen molar-refractivity contribution in [2.45, 2.75) is 11.8 Å². The molecule has 0 atom stereocenters. The molecule has 0 spiro atoms. The molecule has 3 aromatic carbocycles. The minimum atomic E-state index is -0.0678. The van der Waals surface area contributed by atoms with Crippen molar-refractivity contribution < 1.29 is 9.53 Å². The number of hydrogen-bond acceptors (Lipinski definition) is 6. The predicted molar refractivity (Wildman–Crippen MR) is 134 cm³/mol. The molecule has 1 amide bonds. The molecule has 0 saturated carbocycles. The molecule has 3 aromatic rings. The van der Waals surface area contributed by atoms with E-state index in [9.17, 15) is 4.79 Å². The Morgan fingerprint density at radius 2 is 1.75 bits per heavy atom. The Hall–Kier alpha value is -3.16. The summed E-state index contributed by atoms with van der Waals surface area (Å²) >= 11 is 3.02. The first-order valence-corrected chi connectivity index (χ1v) is 11.7. The zero-order valence-electron chi connectivity index (χ0n) is 17.9. The van der Waals surface area contributed by atoms with E-state index in [1.54, 1.807) is 23.8 Å². The van der Waals surface area contributed by atoms with Crippen molar-refractivity contribution in [1.82, 2.24) is 0 Å². The molecule has 5 nitrogen and oxygen atoms in total. The molecule has 32 heavy (non-hydrogen) atoms. The molecule has 1 fully saturated rings. The molecular weight excluding hydrogens is 438 g/mol. The highest BCUT2D eigenvalue weighted by Crippen LogP contribution is 2.51. The number of nitrogens with zero attached hydrogens (tertiary/aromatic N) is 3. The lowest BCUT2D eigenvalue weighted by molar-refractivity contribution is -0.113. The van der Waals surface area contributed by atoms with Crippen molar-refractivity contribution in [3.63, 3.8) is 0 Å². The van der Waals surface area contributed by atoms with E-state index < -0.39 is 0 Å². The number of carbonyl (C=O) groups is 1. The van der Waals surface area contributed by atoms with Crippen molar-refractivity contribution in [2.24, 2.45) is 4.99 Å². The van der Waals surface area contributed by atoms with E-state index in [1.165, 1.54) is 11.8 Å². The van der Waals surface area contributed by atoms with Gasteiger partial charge in [-0.25, -0.2) is 4.99 Å². The zero-order chi connectivity index (χ0) is 22.2. The Kier molecular flexibility index (Phi) is 5.45. The van der Waals surface area contributed by atoms with Gasteiger partial charge in [0.2, 0.25) is 0 Å². The predicted octanol–water partition coefficient (Wildman–Crippen LogP) is 6.18. The zero-order valence-corrected chi connectivity index (χ0v) is 19.5. The number of fused-ring (bicyclic) bond motifs is 1. The van der Waals surface area contributed by atoms with Crippen LogP contribution in [0.15, 0.2) is 92.6 Å². The number of aryl methyl sites for hydroxylation is 1. The number of hydrogen-bond donors (Lipinski definition) is 0. The van der Waals surface area contributed by atoms with Crippen molar-refractivity contribution >= 4 is 51.7 Å². The molecule has 160 valence electrons. The van der Waals surface area contributed by atoms with E-state index in [-0.39, 0.29) is 5.91 Å². The normalized spacial score (nSPS) is 19.1. The Labute approximate surface area is 195 Å². The van der Waals surface area contributed by atoms with Crippen molar-refractivity contribution in [3.8, 4) is 5.75 Å². The molecule has 2 aliphatic rings. The second-order valence-electron chi connectivity index (χ2n) is 7.44. The van der Waals surface area contributed by atoms with Crippen LogP contribution in [0.5, 0.6) is 5.75 Å². The maximum absolute atomic E-state index is 13.7. The summed E-state index contributed by atoms with van der Waals surface area (Å²) in [6, 6.07) is 23.6. The molecular formula is C25H21N3O2S2. The highest BCUT2D eigenvalue weighted by molar-refractivity contribution is 8.20. The van der Waals surface area contributed by atoms with Crippen LogP contribution >= 0.6 is 23.5 Å². The van der Waals surface area contributed by atoms with Crippen LogP contribution in [0.4, 0.5) is 17.1 Å². The lowest BCUT2D eigenvalue weighted by Gasteiger charge is -2.17. The van der Waals surface area contributed by atoms with Crippen LogP contribution in [0.3, 0.4) is 0 Å². The Balaban J connectivity index is 1.60. The highest BCUT2D eigenvalue weighted by Gasteiger charge is 2.40. The van der Waals surface area contributed by atoms with Crippen LogP contribution in [0, 0.1) is 6.92 Å². The minimum Gasteiger partial charge on any atom is -0.497 e. The topological polar surface area (TPSA) is 45.1 Å². The lowest BCUT2D eigenvalue weighted by atomic mass is 10.2. The molecule has 0 N–H and O–H groups in total. The number of rotatable bonds is 3. The van der Waals surface area contributed by atoms with E-state index >= 15 is 0 Å².